The summed E-state index contributed by atoms with van der Waals surface area (Å²) in [4.78, 5) is 9.45. The molecule has 0 amide bonds. The predicted octanol–water partition coefficient (Wildman–Crippen LogP) is 6.81. The molecule has 0 atom stereocenters. The standard InChI is InChI=1S/C27H25N3O2S/c1-16-6-8-21(9-7-16)26-30-24(19(4)32-26)15-33-27-23(14-28)25(17(2)18(3)29-27)20-10-12-22(31-5)13-11-20/h6-13H,15H2,1-5H3. The molecule has 4 aromatic rings. The highest BCUT2D eigenvalue weighted by molar-refractivity contribution is 7.98. The van der Waals surface area contributed by atoms with Crippen LogP contribution in [0.15, 0.2) is 58.0 Å². The molecule has 0 aliphatic carbocycles. The molecule has 33 heavy (non-hydrogen) atoms. The summed E-state index contributed by atoms with van der Waals surface area (Å²) in [6, 6.07) is 18.3. The van der Waals surface area contributed by atoms with Crippen molar-refractivity contribution < 1.29 is 9.15 Å². The number of rotatable bonds is 6. The maximum atomic E-state index is 10.0. The molecule has 0 fully saturated rings. The lowest BCUT2D eigenvalue weighted by Gasteiger charge is -2.14. The second-order valence-electron chi connectivity index (χ2n) is 7.89. The Bertz CT molecular complexity index is 1330. The molecule has 5 nitrogen and oxygen atoms in total. The van der Waals surface area contributed by atoms with Gasteiger partial charge in [-0.2, -0.15) is 5.26 Å². The Morgan fingerprint density at radius 3 is 2.24 bits per heavy atom. The number of benzene rings is 2. The van der Waals surface area contributed by atoms with Gasteiger partial charge in [0.25, 0.3) is 0 Å². The Labute approximate surface area is 198 Å². The minimum absolute atomic E-state index is 0.563. The van der Waals surface area contributed by atoms with E-state index in [0.29, 0.717) is 22.2 Å². The Kier molecular flexibility index (Phi) is 6.52. The Hall–Kier alpha value is -3.56. The van der Waals surface area contributed by atoms with Gasteiger partial charge in [0.2, 0.25) is 5.89 Å². The number of methoxy groups -OCH3 is 1. The zero-order valence-electron chi connectivity index (χ0n) is 19.4. The topological polar surface area (TPSA) is 71.9 Å². The van der Waals surface area contributed by atoms with E-state index in [-0.39, 0.29) is 0 Å². The fourth-order valence-corrected chi connectivity index (χ4v) is 4.65. The third-order valence-electron chi connectivity index (χ3n) is 5.68. The third kappa shape index (κ3) is 4.64. The minimum atomic E-state index is 0.563. The van der Waals surface area contributed by atoms with Crippen LogP contribution >= 0.6 is 11.8 Å². The van der Waals surface area contributed by atoms with Crippen molar-refractivity contribution in [2.75, 3.05) is 7.11 Å². The number of nitrogens with zero attached hydrogens (tertiary/aromatic N) is 3. The summed E-state index contributed by atoms with van der Waals surface area (Å²) >= 11 is 1.51. The zero-order valence-corrected chi connectivity index (χ0v) is 20.2. The number of hydrogen-bond acceptors (Lipinski definition) is 6. The number of ether oxygens (including phenoxy) is 1. The molecule has 0 saturated heterocycles. The first-order valence-corrected chi connectivity index (χ1v) is 11.6. The molecule has 2 heterocycles. The number of hydrogen-bond donors (Lipinski definition) is 0. The van der Waals surface area contributed by atoms with E-state index in [2.05, 4.69) is 13.0 Å². The second-order valence-corrected chi connectivity index (χ2v) is 8.86. The van der Waals surface area contributed by atoms with Gasteiger partial charge in [0.05, 0.1) is 18.4 Å². The van der Waals surface area contributed by atoms with Crippen molar-refractivity contribution in [2.24, 2.45) is 0 Å². The largest absolute Gasteiger partial charge is 0.497 e. The molecular weight excluding hydrogens is 430 g/mol. The van der Waals surface area contributed by atoms with Crippen molar-refractivity contribution in [3.63, 3.8) is 0 Å². The molecule has 6 heteroatoms. The number of thioether (sulfide) groups is 1. The zero-order chi connectivity index (χ0) is 23.5. The average molecular weight is 456 g/mol. The van der Waals surface area contributed by atoms with Crippen LogP contribution in [-0.2, 0) is 5.75 Å². The SMILES string of the molecule is COc1ccc(-c2c(C)c(C)nc(SCc3nc(-c4ccc(C)cc4)oc3C)c2C#N)cc1. The summed E-state index contributed by atoms with van der Waals surface area (Å²) in [5.74, 6) is 2.72. The molecule has 2 aromatic carbocycles. The normalized spacial score (nSPS) is 10.8. The molecule has 0 bridgehead atoms. The van der Waals surface area contributed by atoms with Gasteiger partial charge in [0.1, 0.15) is 22.6 Å². The smallest absolute Gasteiger partial charge is 0.226 e. The van der Waals surface area contributed by atoms with E-state index in [1.165, 1.54) is 17.3 Å². The second kappa shape index (κ2) is 9.51. The number of aromatic nitrogens is 2. The monoisotopic (exact) mass is 455 g/mol. The van der Waals surface area contributed by atoms with Crippen LogP contribution in [0, 0.1) is 39.0 Å². The highest BCUT2D eigenvalue weighted by atomic mass is 32.2. The minimum Gasteiger partial charge on any atom is -0.497 e. The van der Waals surface area contributed by atoms with Gasteiger partial charge in [0.15, 0.2) is 0 Å². The van der Waals surface area contributed by atoms with E-state index in [4.69, 9.17) is 19.1 Å². The van der Waals surface area contributed by atoms with Gasteiger partial charge in [-0.05, 0) is 63.1 Å². The van der Waals surface area contributed by atoms with Crippen LogP contribution in [-0.4, -0.2) is 17.1 Å². The van der Waals surface area contributed by atoms with Gasteiger partial charge < -0.3 is 9.15 Å². The molecule has 166 valence electrons. The molecule has 0 unspecified atom stereocenters. The highest BCUT2D eigenvalue weighted by Gasteiger charge is 2.19. The lowest BCUT2D eigenvalue weighted by Crippen LogP contribution is -2.00. The lowest BCUT2D eigenvalue weighted by atomic mass is 9.96. The molecule has 0 N–H and O–H groups in total. The van der Waals surface area contributed by atoms with Crippen LogP contribution < -0.4 is 4.74 Å². The van der Waals surface area contributed by atoms with Gasteiger partial charge in [-0.25, -0.2) is 9.97 Å². The molecular formula is C27H25N3O2S. The van der Waals surface area contributed by atoms with Crippen molar-refractivity contribution in [2.45, 2.75) is 38.5 Å². The molecule has 0 saturated carbocycles. The summed E-state index contributed by atoms with van der Waals surface area (Å²) in [6.07, 6.45) is 0. The van der Waals surface area contributed by atoms with Gasteiger partial charge >= 0.3 is 0 Å². The maximum Gasteiger partial charge on any atom is 0.226 e. The van der Waals surface area contributed by atoms with E-state index >= 15 is 0 Å². The summed E-state index contributed by atoms with van der Waals surface area (Å²) in [5, 5.41) is 10.7. The Morgan fingerprint density at radius 2 is 1.61 bits per heavy atom. The molecule has 2 aromatic heterocycles. The number of pyridine rings is 1. The van der Waals surface area contributed by atoms with Gasteiger partial charge in [-0.1, -0.05) is 41.6 Å². The van der Waals surface area contributed by atoms with Crippen LogP contribution in [0.1, 0.15) is 33.8 Å². The van der Waals surface area contributed by atoms with E-state index in [1.54, 1.807) is 7.11 Å². The number of aryl methyl sites for hydroxylation is 3. The summed E-state index contributed by atoms with van der Waals surface area (Å²) < 4.78 is 11.2. The van der Waals surface area contributed by atoms with Crippen molar-refractivity contribution in [3.8, 4) is 34.4 Å². The molecule has 4 rings (SSSR count). The first-order chi connectivity index (χ1) is 15.9. The maximum absolute atomic E-state index is 10.0. The number of oxazole rings is 1. The molecule has 0 aliphatic heterocycles. The van der Waals surface area contributed by atoms with E-state index in [0.717, 1.165) is 45.2 Å². The predicted molar refractivity (Wildman–Crippen MR) is 131 cm³/mol. The van der Waals surface area contributed by atoms with E-state index < -0.39 is 0 Å². The van der Waals surface area contributed by atoms with Crippen LogP contribution in [0.3, 0.4) is 0 Å². The van der Waals surface area contributed by atoms with Gasteiger partial charge in [-0.15, -0.1) is 0 Å². The van der Waals surface area contributed by atoms with Gasteiger partial charge in [-0.3, -0.25) is 0 Å². The first-order valence-electron chi connectivity index (χ1n) is 10.6. The van der Waals surface area contributed by atoms with Crippen molar-refractivity contribution in [1.29, 1.82) is 5.26 Å². The van der Waals surface area contributed by atoms with E-state index in [9.17, 15) is 5.26 Å². The lowest BCUT2D eigenvalue weighted by molar-refractivity contribution is 0.415. The third-order valence-corrected chi connectivity index (χ3v) is 6.66. The Morgan fingerprint density at radius 1 is 0.939 bits per heavy atom. The number of nitriles is 1. The van der Waals surface area contributed by atoms with Crippen molar-refractivity contribution in [3.05, 3.63) is 82.4 Å². The fourth-order valence-electron chi connectivity index (χ4n) is 3.61. The first kappa shape index (κ1) is 22.6. The van der Waals surface area contributed by atoms with Crippen molar-refractivity contribution >= 4 is 11.8 Å². The van der Waals surface area contributed by atoms with Crippen LogP contribution in [0.5, 0.6) is 5.75 Å². The van der Waals surface area contributed by atoms with Crippen LogP contribution in [0.2, 0.25) is 0 Å². The summed E-state index contributed by atoms with van der Waals surface area (Å²) in [6.45, 7) is 7.95. The highest BCUT2D eigenvalue weighted by Crippen LogP contribution is 2.36. The molecule has 0 aliphatic rings. The van der Waals surface area contributed by atoms with Crippen molar-refractivity contribution in [1.82, 2.24) is 9.97 Å². The average Bonchev–Trinajstić information content (AvgIpc) is 3.20. The van der Waals surface area contributed by atoms with Gasteiger partial charge in [0, 0.05) is 22.6 Å². The van der Waals surface area contributed by atoms with Crippen LogP contribution in [0.4, 0.5) is 0 Å². The molecule has 0 spiro atoms. The molecule has 0 radical (unpaired) electrons. The summed E-state index contributed by atoms with van der Waals surface area (Å²) in [7, 11) is 1.64. The quantitative estimate of drug-likeness (QED) is 0.297. The van der Waals surface area contributed by atoms with Crippen LogP contribution in [0.25, 0.3) is 22.6 Å². The van der Waals surface area contributed by atoms with E-state index in [1.807, 2.05) is 69.3 Å². The fraction of sp³-hybridized carbons (Fsp3) is 0.222. The summed E-state index contributed by atoms with van der Waals surface area (Å²) in [5.41, 5.74) is 7.35. The Balaban J connectivity index is 1.66.